The van der Waals surface area contributed by atoms with Gasteiger partial charge in [0, 0.05) is 46.3 Å². The van der Waals surface area contributed by atoms with E-state index in [1.807, 2.05) is 43.6 Å². The number of pyridine rings is 1. The number of imidazole rings is 1. The molecule has 0 amide bonds. The van der Waals surface area contributed by atoms with E-state index in [4.69, 9.17) is 11.6 Å². The van der Waals surface area contributed by atoms with Crippen molar-refractivity contribution in [2.24, 2.45) is 0 Å². The number of carbonyl (C=O) groups is 1. The van der Waals surface area contributed by atoms with E-state index in [-0.39, 0.29) is 11.7 Å². The quantitative estimate of drug-likeness (QED) is 0.434. The molecular formula is C21H19ClN4O2S. The fraction of sp³-hybridized carbons (Fsp3) is 0.190. The maximum Gasteiger partial charge on any atom is 0.356 e. The van der Waals surface area contributed by atoms with E-state index in [1.54, 1.807) is 15.7 Å². The van der Waals surface area contributed by atoms with E-state index in [2.05, 4.69) is 29.1 Å². The van der Waals surface area contributed by atoms with Gasteiger partial charge in [-0.15, -0.1) is 0 Å². The first kappa shape index (κ1) is 19.4. The molecule has 6 nitrogen and oxygen atoms in total. The summed E-state index contributed by atoms with van der Waals surface area (Å²) in [6.07, 6.45) is 5.19. The fourth-order valence-electron chi connectivity index (χ4n) is 3.09. The predicted molar refractivity (Wildman–Crippen MR) is 117 cm³/mol. The number of carboxylic acid groups (broad SMARTS) is 1. The maximum atomic E-state index is 11.5. The van der Waals surface area contributed by atoms with Gasteiger partial charge in [-0.2, -0.15) is 0 Å². The second-order valence-corrected chi connectivity index (χ2v) is 8.55. The number of carboxylic acids is 1. The fourth-order valence-corrected chi connectivity index (χ4v) is 4.37. The van der Waals surface area contributed by atoms with Gasteiger partial charge in [0.25, 0.3) is 0 Å². The van der Waals surface area contributed by atoms with Crippen LogP contribution in [-0.4, -0.2) is 31.5 Å². The van der Waals surface area contributed by atoms with Gasteiger partial charge in [0.15, 0.2) is 10.8 Å². The molecule has 8 heteroatoms. The Balaban J connectivity index is 1.92. The maximum absolute atomic E-state index is 11.5. The molecule has 0 bridgehead atoms. The Morgan fingerprint density at radius 2 is 2.03 bits per heavy atom. The van der Waals surface area contributed by atoms with Crippen molar-refractivity contribution in [3.63, 3.8) is 0 Å². The number of benzene rings is 1. The number of nitrogens with zero attached hydrogens (tertiary/aromatic N) is 3. The van der Waals surface area contributed by atoms with Crippen molar-refractivity contribution in [3.8, 4) is 21.6 Å². The van der Waals surface area contributed by atoms with Crippen LogP contribution in [0.5, 0.6) is 0 Å². The van der Waals surface area contributed by atoms with Gasteiger partial charge < -0.3 is 14.8 Å². The predicted octanol–water partition coefficient (Wildman–Crippen LogP) is 5.61. The molecule has 4 rings (SSSR count). The average molecular weight is 427 g/mol. The minimum Gasteiger partial charge on any atom is -0.476 e. The highest BCUT2D eigenvalue weighted by Crippen LogP contribution is 2.37. The molecule has 1 aromatic carbocycles. The minimum atomic E-state index is -1.07. The third kappa shape index (κ3) is 3.83. The van der Waals surface area contributed by atoms with E-state index < -0.39 is 5.97 Å². The van der Waals surface area contributed by atoms with Crippen molar-refractivity contribution >= 4 is 39.7 Å². The molecule has 2 N–H and O–H groups in total. The van der Waals surface area contributed by atoms with Crippen LogP contribution in [0.15, 0.2) is 42.9 Å². The molecule has 0 atom stereocenters. The largest absolute Gasteiger partial charge is 0.476 e. The molecule has 148 valence electrons. The Morgan fingerprint density at radius 1 is 1.24 bits per heavy atom. The lowest BCUT2D eigenvalue weighted by Gasteiger charge is -2.10. The molecule has 0 radical (unpaired) electrons. The van der Waals surface area contributed by atoms with E-state index in [9.17, 15) is 9.90 Å². The van der Waals surface area contributed by atoms with Gasteiger partial charge in [-0.1, -0.05) is 35.1 Å². The number of rotatable bonds is 5. The molecule has 0 aliphatic rings. The van der Waals surface area contributed by atoms with E-state index in [1.165, 1.54) is 6.20 Å². The average Bonchev–Trinajstić information content (AvgIpc) is 3.27. The summed E-state index contributed by atoms with van der Waals surface area (Å²) in [4.78, 5) is 21.2. The molecule has 0 aliphatic heterocycles. The smallest absolute Gasteiger partial charge is 0.356 e. The molecule has 0 fully saturated rings. The monoisotopic (exact) mass is 426 g/mol. The molecule has 0 spiro atoms. The van der Waals surface area contributed by atoms with Gasteiger partial charge in [-0.05, 0) is 38.5 Å². The first-order chi connectivity index (χ1) is 13.8. The standard InChI is InChI=1S/C21H19ClN4O2S/c1-11(2)24-21-23-8-18(29-21)13-7-15(14-5-4-12(3)6-16(14)22)19-25-17(20(27)28)10-26(19)9-13/h4-11H,1-3H3,(H,23,24)(H,27,28). The summed E-state index contributed by atoms with van der Waals surface area (Å²) in [7, 11) is 0. The number of hydrogen-bond donors (Lipinski definition) is 2. The first-order valence-electron chi connectivity index (χ1n) is 9.07. The van der Waals surface area contributed by atoms with Crippen LogP contribution in [0, 0.1) is 6.92 Å². The van der Waals surface area contributed by atoms with Crippen LogP contribution in [0.2, 0.25) is 5.02 Å². The first-order valence-corrected chi connectivity index (χ1v) is 10.3. The van der Waals surface area contributed by atoms with Crippen LogP contribution in [0.25, 0.3) is 27.2 Å². The molecule has 3 aromatic heterocycles. The van der Waals surface area contributed by atoms with E-state index in [0.29, 0.717) is 10.7 Å². The molecule has 4 aromatic rings. The number of aromatic carboxylic acids is 1. The number of aromatic nitrogens is 3. The van der Waals surface area contributed by atoms with Crippen molar-refractivity contribution in [3.05, 3.63) is 59.1 Å². The van der Waals surface area contributed by atoms with Crippen LogP contribution in [0.3, 0.4) is 0 Å². The molecule has 0 saturated heterocycles. The van der Waals surface area contributed by atoms with Crippen molar-refractivity contribution < 1.29 is 9.90 Å². The van der Waals surface area contributed by atoms with Gasteiger partial charge in [0.1, 0.15) is 5.65 Å². The van der Waals surface area contributed by atoms with Gasteiger partial charge in [0.05, 0.1) is 4.88 Å². The lowest BCUT2D eigenvalue weighted by molar-refractivity contribution is 0.0691. The van der Waals surface area contributed by atoms with Crippen LogP contribution in [-0.2, 0) is 0 Å². The van der Waals surface area contributed by atoms with Gasteiger partial charge in [-0.25, -0.2) is 14.8 Å². The van der Waals surface area contributed by atoms with Gasteiger partial charge in [-0.3, -0.25) is 0 Å². The number of thiazole rings is 1. The lowest BCUT2D eigenvalue weighted by Crippen LogP contribution is -2.08. The second-order valence-electron chi connectivity index (χ2n) is 7.12. The Hall–Kier alpha value is -2.90. The SMILES string of the molecule is Cc1ccc(-c2cc(-c3cnc(NC(C)C)s3)cn3cc(C(=O)O)nc23)c(Cl)c1. The Morgan fingerprint density at radius 3 is 2.72 bits per heavy atom. The summed E-state index contributed by atoms with van der Waals surface area (Å²) < 4.78 is 1.74. The topological polar surface area (TPSA) is 79.5 Å². The molecule has 29 heavy (non-hydrogen) atoms. The lowest BCUT2D eigenvalue weighted by atomic mass is 10.0. The number of aryl methyl sites for hydroxylation is 1. The van der Waals surface area contributed by atoms with Crippen LogP contribution >= 0.6 is 22.9 Å². The summed E-state index contributed by atoms with van der Waals surface area (Å²) >= 11 is 8.06. The van der Waals surface area contributed by atoms with Crippen LogP contribution < -0.4 is 5.32 Å². The zero-order valence-corrected chi connectivity index (χ0v) is 17.7. The van der Waals surface area contributed by atoms with Gasteiger partial charge in [0.2, 0.25) is 0 Å². The normalized spacial score (nSPS) is 11.3. The third-order valence-electron chi connectivity index (χ3n) is 4.39. The minimum absolute atomic E-state index is 0.0156. The van der Waals surface area contributed by atoms with Crippen molar-refractivity contribution in [1.82, 2.24) is 14.4 Å². The number of anilines is 1. The number of halogens is 1. The van der Waals surface area contributed by atoms with E-state index in [0.717, 1.165) is 32.3 Å². The zero-order valence-electron chi connectivity index (χ0n) is 16.1. The Bertz CT molecular complexity index is 1230. The number of nitrogens with one attached hydrogen (secondary N) is 1. The summed E-state index contributed by atoms with van der Waals surface area (Å²) in [5, 5.41) is 14.1. The summed E-state index contributed by atoms with van der Waals surface area (Å²) in [5.41, 5.74) is 4.06. The number of fused-ring (bicyclic) bond motifs is 1. The Labute approximate surface area is 176 Å². The van der Waals surface area contributed by atoms with Crippen LogP contribution in [0.1, 0.15) is 29.9 Å². The Kier molecular flexibility index (Phi) is 5.02. The second kappa shape index (κ2) is 7.50. The van der Waals surface area contributed by atoms with E-state index >= 15 is 0 Å². The zero-order chi connectivity index (χ0) is 20.7. The molecule has 0 aliphatic carbocycles. The van der Waals surface area contributed by atoms with Crippen molar-refractivity contribution in [1.29, 1.82) is 0 Å². The highest BCUT2D eigenvalue weighted by molar-refractivity contribution is 7.18. The van der Waals surface area contributed by atoms with Crippen LogP contribution in [0.4, 0.5) is 5.13 Å². The molecular weight excluding hydrogens is 408 g/mol. The summed E-state index contributed by atoms with van der Waals surface area (Å²) in [5.74, 6) is -1.07. The van der Waals surface area contributed by atoms with Crippen molar-refractivity contribution in [2.45, 2.75) is 26.8 Å². The summed E-state index contributed by atoms with van der Waals surface area (Å²) in [6.45, 7) is 6.09. The molecule has 0 unspecified atom stereocenters. The molecule has 3 heterocycles. The third-order valence-corrected chi connectivity index (χ3v) is 5.68. The number of hydrogen-bond acceptors (Lipinski definition) is 5. The van der Waals surface area contributed by atoms with Crippen molar-refractivity contribution in [2.75, 3.05) is 5.32 Å². The van der Waals surface area contributed by atoms with Gasteiger partial charge >= 0.3 is 5.97 Å². The highest BCUT2D eigenvalue weighted by Gasteiger charge is 2.17. The highest BCUT2D eigenvalue weighted by atomic mass is 35.5. The summed E-state index contributed by atoms with van der Waals surface area (Å²) in [6, 6.07) is 8.06. The molecule has 0 saturated carbocycles.